The molecule has 5 aliphatic carbocycles. The molecular weight excluding hydrogens is 1170 g/mol. The predicted octanol–water partition coefficient (Wildman–Crippen LogP) is 8.02. The van der Waals surface area contributed by atoms with Gasteiger partial charge in [-0.3, -0.25) is 29.0 Å². The number of aliphatic imine (C=N–C) groups is 1. The Hall–Kier alpha value is -5.59. The third kappa shape index (κ3) is 16.3. The topological polar surface area (TPSA) is 301 Å². The van der Waals surface area contributed by atoms with Gasteiger partial charge in [-0.15, -0.1) is 23.1 Å². The zero-order valence-corrected chi connectivity index (χ0v) is 54.1. The number of hydrogen-bond acceptors (Lipinski definition) is 17. The first-order valence-electron chi connectivity index (χ1n) is 31.6. The first-order chi connectivity index (χ1) is 41.8. The molecule has 6 N–H and O–H groups in total. The Balaban J connectivity index is 0.726. The number of benzene rings is 1. The largest absolute Gasteiger partial charge is 0.480 e. The number of nitrogens with zero attached hydrogens (tertiary/aromatic N) is 4. The summed E-state index contributed by atoms with van der Waals surface area (Å²) in [6, 6.07) is 3.07. The number of aliphatic carboxylic acids is 2. The number of unbranched alkanes of at least 4 members (excludes halogenated alkanes) is 1. The molecule has 2 heterocycles. The summed E-state index contributed by atoms with van der Waals surface area (Å²) in [7, 11) is 1.60. The van der Waals surface area contributed by atoms with Crippen LogP contribution in [0.5, 0.6) is 5.75 Å². The van der Waals surface area contributed by atoms with E-state index < -0.39 is 35.5 Å². The number of ketones is 2. The van der Waals surface area contributed by atoms with Crippen LogP contribution in [0.4, 0.5) is 4.79 Å². The van der Waals surface area contributed by atoms with Crippen LogP contribution in [0.15, 0.2) is 45.5 Å². The van der Waals surface area contributed by atoms with E-state index in [0.717, 1.165) is 44.9 Å². The van der Waals surface area contributed by atoms with Gasteiger partial charge in [0.05, 0.1) is 48.9 Å². The van der Waals surface area contributed by atoms with Crippen LogP contribution in [0.25, 0.3) is 10.2 Å². The second kappa shape index (κ2) is 30.0. The van der Waals surface area contributed by atoms with Gasteiger partial charge in [0.15, 0.2) is 17.6 Å². The molecule has 0 saturated heterocycles. The first kappa shape index (κ1) is 68.3. The monoisotopic (exact) mass is 1260 g/mol. The van der Waals surface area contributed by atoms with Crippen LogP contribution in [-0.2, 0) is 43.0 Å². The number of likely N-dealkylation sites (N-methyl/N-ethyl adjacent to an activating group) is 1. The highest BCUT2D eigenvalue weighted by atomic mass is 32.2. The van der Waals surface area contributed by atoms with Crippen LogP contribution >= 0.6 is 23.1 Å². The lowest BCUT2D eigenvalue weighted by Gasteiger charge is -2.59. The van der Waals surface area contributed by atoms with Gasteiger partial charge in [0, 0.05) is 92.0 Å². The van der Waals surface area contributed by atoms with Crippen LogP contribution < -0.4 is 15.4 Å². The molecule has 8 rings (SSSR count). The van der Waals surface area contributed by atoms with Crippen molar-refractivity contribution >= 4 is 85.7 Å². The summed E-state index contributed by atoms with van der Waals surface area (Å²) in [5, 5.41) is 48.1. The SMILES string of the molecule is CC1=C(C)C(=O)C(C(C)(C)CC(=O)N(C)CCN(CCOCCOCCC(=O)NCCCCC(NC(=O)CC[C@@H](C)[C@H]2CC[C@@H]3C2[C@@H](O)C[C@H]2[C@H]3CC[C@@H]3C[C@H](O)CC[C@@]32C)C(=O)O)C(=O)Oc2ccc3nc(C4=NC(C(=O)O)CS4)sc3c2)=C(C)C1=O. The summed E-state index contributed by atoms with van der Waals surface area (Å²) >= 11 is 2.61. The maximum atomic E-state index is 13.9. The van der Waals surface area contributed by atoms with Crippen LogP contribution in [0.2, 0.25) is 0 Å². The molecule has 4 fully saturated rings. The van der Waals surface area contributed by atoms with Gasteiger partial charge >= 0.3 is 18.0 Å². The van der Waals surface area contributed by atoms with Gasteiger partial charge < -0.3 is 55.1 Å². The van der Waals surface area contributed by atoms with Gasteiger partial charge in [-0.1, -0.05) is 27.7 Å². The molecule has 484 valence electrons. The first-order valence-corrected chi connectivity index (χ1v) is 33.4. The van der Waals surface area contributed by atoms with Gasteiger partial charge in [-0.25, -0.2) is 19.4 Å². The number of carbonyl (C=O) groups excluding carboxylic acids is 6. The van der Waals surface area contributed by atoms with E-state index in [-0.39, 0.29) is 136 Å². The maximum absolute atomic E-state index is 13.9. The number of aliphatic hydroxyl groups is 2. The molecule has 2 aromatic rings. The van der Waals surface area contributed by atoms with E-state index in [1.54, 1.807) is 59.9 Å². The number of aliphatic hydroxyl groups excluding tert-OH is 2. The summed E-state index contributed by atoms with van der Waals surface area (Å²) in [4.78, 5) is 115. The number of allylic oxidation sites excluding steroid dienone is 4. The molecule has 3 unspecified atom stereocenters. The molecule has 1 aliphatic heterocycles. The Labute approximate surface area is 524 Å². The number of Topliss-reactive ketones (excluding diaryl/α,β-unsaturated/α-hetero) is 2. The van der Waals surface area contributed by atoms with E-state index >= 15 is 0 Å². The number of aromatic nitrogens is 1. The number of fused-ring (bicyclic) bond motifs is 6. The second-order valence-corrected chi connectivity index (χ2v) is 28.5. The van der Waals surface area contributed by atoms with E-state index in [9.17, 15) is 58.8 Å². The molecule has 6 aliphatic rings. The number of carbonyl (C=O) groups is 8. The minimum atomic E-state index is -1.10. The fourth-order valence-electron chi connectivity index (χ4n) is 15.2. The Morgan fingerprint density at radius 2 is 1.57 bits per heavy atom. The minimum absolute atomic E-state index is 0.0477. The lowest BCUT2D eigenvalue weighted by molar-refractivity contribution is -0.143. The second-order valence-electron chi connectivity index (χ2n) is 26.4. The smallest absolute Gasteiger partial charge is 0.415 e. The van der Waals surface area contributed by atoms with Crippen molar-refractivity contribution in [2.75, 3.05) is 65.4 Å². The number of thioether (sulfide) groups is 1. The number of nitrogens with one attached hydrogen (secondary N) is 2. The molecule has 4 saturated carbocycles. The van der Waals surface area contributed by atoms with E-state index in [0.29, 0.717) is 104 Å². The maximum Gasteiger partial charge on any atom is 0.415 e. The van der Waals surface area contributed by atoms with Gasteiger partial charge in [-0.05, 0) is 157 Å². The highest BCUT2D eigenvalue weighted by Crippen LogP contribution is 2.64. The number of ether oxygens (including phenoxy) is 3. The van der Waals surface area contributed by atoms with Crippen LogP contribution in [0.1, 0.15) is 150 Å². The summed E-state index contributed by atoms with van der Waals surface area (Å²) in [5.74, 6) is -0.00327. The van der Waals surface area contributed by atoms with Crippen LogP contribution in [0.3, 0.4) is 0 Å². The number of carboxylic acids is 2. The lowest BCUT2D eigenvalue weighted by Crippen LogP contribution is -2.55. The predicted molar refractivity (Wildman–Crippen MR) is 334 cm³/mol. The summed E-state index contributed by atoms with van der Waals surface area (Å²) < 4.78 is 18.0. The van der Waals surface area contributed by atoms with Crippen molar-refractivity contribution < 1.29 is 73.0 Å². The Kier molecular flexibility index (Phi) is 23.3. The normalized spacial score (nSPS) is 26.8. The molecule has 0 radical (unpaired) electrons. The summed E-state index contributed by atoms with van der Waals surface area (Å²) in [6.07, 6.45) is 8.84. The van der Waals surface area contributed by atoms with Gasteiger partial charge in [0.2, 0.25) is 17.7 Å². The minimum Gasteiger partial charge on any atom is -0.480 e. The molecule has 4 amide bonds. The third-order valence-electron chi connectivity index (χ3n) is 20.3. The number of rotatable bonds is 29. The quantitative estimate of drug-likeness (QED) is 0.0332. The van der Waals surface area contributed by atoms with Crippen molar-refractivity contribution in [1.29, 1.82) is 0 Å². The molecule has 0 bridgehead atoms. The Bertz CT molecular complexity index is 3030. The van der Waals surface area contributed by atoms with Gasteiger partial charge in [-0.2, -0.15) is 0 Å². The van der Waals surface area contributed by atoms with E-state index in [1.807, 2.05) is 0 Å². The van der Waals surface area contributed by atoms with Crippen molar-refractivity contribution in [1.82, 2.24) is 25.4 Å². The zero-order valence-electron chi connectivity index (χ0n) is 52.4. The van der Waals surface area contributed by atoms with Crippen LogP contribution in [0, 0.1) is 52.3 Å². The van der Waals surface area contributed by atoms with Crippen molar-refractivity contribution in [2.45, 2.75) is 169 Å². The standard InChI is InChI=1S/C65H92N6O15S2/c1-36(43-16-17-45-44-15-13-40-31-41(72)20-22-65(40,7)46(44)33-50(73)55(43)45)12-19-53(75)67-48(61(79)80)11-9-10-23-66-52(74)21-27-84-29-30-85-28-26-71(25-24-70(8)54(76)34-64(5,6)56-39(4)57(77)37(2)38(3)58(56)78)63(83)86-42-14-18-47-51(32-42)88-60(68-47)59-69-49(35-87-59)62(81)82/h14,18,32,36,40-41,43-46,48-50,55,72-73H,9-13,15-17,19-31,33-35H2,1-8H3,(H,66,74)(H,67,75)(H,79,80)(H,81,82)/t36-,40-,41-,43-,44+,45+,46+,48?,49?,50+,55?,65+/m1/s1. The molecule has 88 heavy (non-hydrogen) atoms. The van der Waals surface area contributed by atoms with Crippen molar-refractivity contribution in [3.8, 4) is 5.75 Å². The number of thiazole rings is 1. The van der Waals surface area contributed by atoms with Crippen molar-refractivity contribution in [3.05, 3.63) is 45.5 Å². The summed E-state index contributed by atoms with van der Waals surface area (Å²) in [5.41, 5.74) is 1.22. The van der Waals surface area contributed by atoms with Crippen molar-refractivity contribution in [2.24, 2.45) is 57.2 Å². The highest BCUT2D eigenvalue weighted by Gasteiger charge is 2.59. The molecular formula is C65H92N6O15S2. The Morgan fingerprint density at radius 3 is 2.30 bits per heavy atom. The van der Waals surface area contributed by atoms with Gasteiger partial charge in [0.25, 0.3) is 0 Å². The van der Waals surface area contributed by atoms with E-state index in [2.05, 4.69) is 34.5 Å². The number of hydrogen-bond donors (Lipinski definition) is 6. The van der Waals surface area contributed by atoms with Crippen molar-refractivity contribution in [3.63, 3.8) is 0 Å². The summed E-state index contributed by atoms with van der Waals surface area (Å²) in [6.45, 7) is 14.0. The molecule has 0 spiro atoms. The molecule has 23 heteroatoms. The average molecular weight is 1260 g/mol. The number of carboxylic acid groups (broad SMARTS) is 2. The van der Waals surface area contributed by atoms with Crippen LogP contribution in [-0.4, -0.2) is 177 Å². The van der Waals surface area contributed by atoms with E-state index in [1.165, 1.54) is 39.3 Å². The highest BCUT2D eigenvalue weighted by molar-refractivity contribution is 8.15. The fourth-order valence-corrected chi connectivity index (χ4v) is 17.3. The molecule has 21 nitrogen and oxygen atoms in total. The molecule has 1 aromatic heterocycles. The third-order valence-corrected chi connectivity index (χ3v) is 22.6. The van der Waals surface area contributed by atoms with E-state index in [4.69, 9.17) is 14.2 Å². The lowest BCUT2D eigenvalue weighted by atomic mass is 9.46. The molecule has 12 atom stereocenters. The van der Waals surface area contributed by atoms with Gasteiger partial charge in [0.1, 0.15) is 21.8 Å². The molecule has 1 aromatic carbocycles. The fraction of sp³-hybridized carbons (Fsp3) is 0.692. The Morgan fingerprint density at radius 1 is 0.841 bits per heavy atom. The zero-order chi connectivity index (χ0) is 63.8. The number of amides is 4. The average Bonchev–Trinajstić information content (AvgIpc) is 1.25.